The van der Waals surface area contributed by atoms with Crippen LogP contribution in [0.3, 0.4) is 0 Å². The van der Waals surface area contributed by atoms with Gasteiger partial charge in [0.15, 0.2) is 41.2 Å². The van der Waals surface area contributed by atoms with Gasteiger partial charge in [-0.15, -0.1) is 0 Å². The molecule has 1 aromatic carbocycles. The number of ether oxygens (including phenoxy) is 7. The summed E-state index contributed by atoms with van der Waals surface area (Å²) in [7, 11) is 0. The molecule has 4 aliphatic heterocycles. The number of aliphatic hydroxyl groups excluding tert-OH is 12. The van der Waals surface area contributed by atoms with Gasteiger partial charge in [-0.05, 0) is 18.2 Å². The first kappa shape index (κ1) is 40.8. The highest BCUT2D eigenvalue weighted by Crippen LogP contribution is 2.44. The fourth-order valence-corrected chi connectivity index (χ4v) is 6.47. The van der Waals surface area contributed by atoms with Gasteiger partial charge in [0.25, 0.3) is 0 Å². The average Bonchev–Trinajstić information content (AvgIpc) is 3.16. The number of fused-ring (bicyclic) bond motifs is 1. The molecule has 5 aliphatic rings. The van der Waals surface area contributed by atoms with Gasteiger partial charge < -0.3 is 110 Å². The van der Waals surface area contributed by atoms with E-state index in [0.717, 1.165) is 24.3 Å². The summed E-state index contributed by atoms with van der Waals surface area (Å²) < 4.78 is 40.3. The third-order valence-corrected chi connectivity index (χ3v) is 9.58. The van der Waals surface area contributed by atoms with Gasteiger partial charge in [-0.3, -0.25) is 0 Å². The van der Waals surface area contributed by atoms with Gasteiger partial charge in [-0.25, -0.2) is 0 Å². The van der Waals surface area contributed by atoms with Gasteiger partial charge >= 0.3 is 0 Å². The molecule has 22 heteroatoms. The number of rotatable bonds is 10. The summed E-state index contributed by atoms with van der Waals surface area (Å²) in [6.07, 6.45) is -24.8. The number of aliphatic hydroxyl groups is 12. The highest BCUT2D eigenvalue weighted by atomic mass is 16.8. The van der Waals surface area contributed by atoms with Crippen LogP contribution in [-0.2, 0) is 33.2 Å². The highest BCUT2D eigenvalue weighted by Gasteiger charge is 2.52. The van der Waals surface area contributed by atoms with E-state index in [0.29, 0.717) is 0 Å². The van der Waals surface area contributed by atoms with Crippen LogP contribution in [-0.4, -0.2) is 195 Å². The average molecular weight is 791 g/mol. The molecule has 1 aromatic rings. The van der Waals surface area contributed by atoms with Crippen LogP contribution in [0.25, 0.3) is 5.76 Å². The van der Waals surface area contributed by atoms with E-state index in [9.17, 15) is 76.6 Å². The summed E-state index contributed by atoms with van der Waals surface area (Å²) in [5.74, 6) is -4.12. The molecular weight excluding hydrogens is 748 g/mol. The SMILES string of the molecule is OCC1OC(OC2=CC(O)=CC3OC(c4cc(O)c(O)c(O)c4)=C(OC4OC(CO)C(O)C(O)C4OC4OC(CO)C(O)C(O)C4O)C=C23)C(O)C(O)C1O. The zero-order valence-electron chi connectivity index (χ0n) is 28.3. The maximum Gasteiger partial charge on any atom is 0.229 e. The Labute approximate surface area is 309 Å². The Balaban J connectivity index is 1.41. The summed E-state index contributed by atoms with van der Waals surface area (Å²) in [4.78, 5) is 0. The van der Waals surface area contributed by atoms with Crippen molar-refractivity contribution in [3.05, 3.63) is 58.8 Å². The van der Waals surface area contributed by atoms with Gasteiger partial charge in [0, 0.05) is 23.3 Å². The number of phenols is 3. The van der Waals surface area contributed by atoms with Crippen molar-refractivity contribution in [2.45, 2.75) is 98.2 Å². The maximum absolute atomic E-state index is 11.2. The first-order valence-electron chi connectivity index (χ1n) is 16.8. The van der Waals surface area contributed by atoms with Crippen LogP contribution < -0.4 is 0 Å². The number of hydrogen-bond donors (Lipinski definition) is 15. The van der Waals surface area contributed by atoms with Crippen LogP contribution >= 0.6 is 0 Å². The number of hydrogen-bond acceptors (Lipinski definition) is 22. The lowest BCUT2D eigenvalue weighted by Gasteiger charge is -2.46. The predicted octanol–water partition coefficient (Wildman–Crippen LogP) is -5.41. The van der Waals surface area contributed by atoms with E-state index in [4.69, 9.17) is 33.2 Å². The summed E-state index contributed by atoms with van der Waals surface area (Å²) in [6.45, 7) is -2.52. The standard InChI is InChI=1S/C33H42O22/c34-6-17-21(41)24(44)27(47)31(52-17)50-15-4-10(37)3-14-11(15)5-16(29(49-14)9-1-12(38)20(40)13(39)2-9)51-33-30(26(46)23(43)19(8-36)54-33)55-32-28(48)25(45)22(42)18(7-35)53-32/h1-5,14,17-19,21-28,30-48H,6-8H2. The predicted molar refractivity (Wildman–Crippen MR) is 172 cm³/mol. The Bertz CT molecular complexity index is 1650. The van der Waals surface area contributed by atoms with Gasteiger partial charge in [0.1, 0.15) is 84.8 Å². The first-order valence-corrected chi connectivity index (χ1v) is 16.8. The quantitative estimate of drug-likeness (QED) is 0.0983. The van der Waals surface area contributed by atoms with E-state index < -0.39 is 147 Å². The van der Waals surface area contributed by atoms with Crippen LogP contribution in [0, 0.1) is 0 Å². The largest absolute Gasteiger partial charge is 0.508 e. The third-order valence-electron chi connectivity index (χ3n) is 9.58. The van der Waals surface area contributed by atoms with Crippen LogP contribution in [0.15, 0.2) is 53.2 Å². The Morgan fingerprint density at radius 2 is 1.07 bits per heavy atom. The Hall–Kier alpha value is -3.82. The molecule has 1 aliphatic carbocycles. The lowest BCUT2D eigenvalue weighted by Crippen LogP contribution is -2.64. The minimum Gasteiger partial charge on any atom is -0.508 e. The first-order chi connectivity index (χ1) is 26.1. The van der Waals surface area contributed by atoms with Crippen molar-refractivity contribution in [2.24, 2.45) is 0 Å². The normalized spacial score (nSPS) is 40.7. The molecule has 3 saturated heterocycles. The summed E-state index contributed by atoms with van der Waals surface area (Å²) in [6, 6.07) is 1.89. The fourth-order valence-electron chi connectivity index (χ4n) is 6.47. The Morgan fingerprint density at radius 3 is 1.64 bits per heavy atom. The molecule has 4 heterocycles. The van der Waals surface area contributed by atoms with Gasteiger partial charge in [-0.1, -0.05) is 0 Å². The molecule has 15 N–H and O–H groups in total. The molecule has 0 bridgehead atoms. The second-order valence-electron chi connectivity index (χ2n) is 13.2. The molecule has 0 amide bonds. The lowest BCUT2D eigenvalue weighted by molar-refractivity contribution is -0.363. The molecule has 0 radical (unpaired) electrons. The van der Waals surface area contributed by atoms with Crippen molar-refractivity contribution in [3.63, 3.8) is 0 Å². The van der Waals surface area contributed by atoms with E-state index in [2.05, 4.69) is 0 Å². The maximum atomic E-state index is 11.2. The van der Waals surface area contributed by atoms with Crippen molar-refractivity contribution in [2.75, 3.05) is 19.8 Å². The molecular formula is C33H42O22. The molecule has 22 nitrogen and oxygen atoms in total. The smallest absolute Gasteiger partial charge is 0.229 e. The topological polar surface area (TPSA) is 368 Å². The van der Waals surface area contributed by atoms with E-state index in [-0.39, 0.29) is 22.7 Å². The number of aromatic hydroxyl groups is 3. The second-order valence-corrected chi connectivity index (χ2v) is 13.2. The fraction of sp³-hybridized carbons (Fsp3) is 0.576. The van der Waals surface area contributed by atoms with E-state index in [1.807, 2.05) is 0 Å². The van der Waals surface area contributed by atoms with Gasteiger partial charge in [-0.2, -0.15) is 0 Å². The lowest BCUT2D eigenvalue weighted by atomic mass is 9.95. The van der Waals surface area contributed by atoms with E-state index >= 15 is 0 Å². The monoisotopic (exact) mass is 790 g/mol. The van der Waals surface area contributed by atoms with Crippen molar-refractivity contribution in [1.29, 1.82) is 0 Å². The Morgan fingerprint density at radius 1 is 0.564 bits per heavy atom. The van der Waals surface area contributed by atoms with E-state index in [1.54, 1.807) is 0 Å². The van der Waals surface area contributed by atoms with Crippen molar-refractivity contribution >= 4 is 5.76 Å². The van der Waals surface area contributed by atoms with Crippen LogP contribution in [0.4, 0.5) is 0 Å². The summed E-state index contributed by atoms with van der Waals surface area (Å²) in [5.41, 5.74) is -0.208. The molecule has 0 spiro atoms. The minimum atomic E-state index is -2.00. The number of allylic oxidation sites excluding steroid dienone is 2. The molecule has 55 heavy (non-hydrogen) atoms. The van der Waals surface area contributed by atoms with Crippen molar-refractivity contribution in [3.8, 4) is 17.2 Å². The second kappa shape index (κ2) is 16.3. The summed E-state index contributed by atoms with van der Waals surface area (Å²) in [5, 5.41) is 155. The molecule has 16 unspecified atom stereocenters. The number of benzene rings is 1. The molecule has 0 aromatic heterocycles. The van der Waals surface area contributed by atoms with Crippen LogP contribution in [0.5, 0.6) is 17.2 Å². The molecule has 3 fully saturated rings. The van der Waals surface area contributed by atoms with Gasteiger partial charge in [0.2, 0.25) is 12.6 Å². The minimum absolute atomic E-state index is 0.0257. The van der Waals surface area contributed by atoms with Crippen LogP contribution in [0.1, 0.15) is 5.56 Å². The molecule has 16 atom stereocenters. The molecule has 306 valence electrons. The van der Waals surface area contributed by atoms with Crippen LogP contribution in [0.2, 0.25) is 0 Å². The highest BCUT2D eigenvalue weighted by molar-refractivity contribution is 5.72. The molecule has 6 rings (SSSR count). The number of phenolic OH excluding ortho intramolecular Hbond substituents is 3. The third kappa shape index (κ3) is 7.80. The molecule has 0 saturated carbocycles. The van der Waals surface area contributed by atoms with Gasteiger partial charge in [0.05, 0.1) is 19.8 Å². The van der Waals surface area contributed by atoms with Crippen molar-refractivity contribution < 1.29 is 110 Å². The Kier molecular flexibility index (Phi) is 12.1. The summed E-state index contributed by atoms with van der Waals surface area (Å²) >= 11 is 0. The zero-order valence-corrected chi connectivity index (χ0v) is 28.3. The zero-order chi connectivity index (χ0) is 40.0. The van der Waals surface area contributed by atoms with E-state index in [1.165, 1.54) is 6.08 Å². The van der Waals surface area contributed by atoms with Crippen molar-refractivity contribution in [1.82, 2.24) is 0 Å².